The third-order valence-corrected chi connectivity index (χ3v) is 3.30. The molecule has 0 amide bonds. The number of pyridine rings is 1. The molecule has 0 spiro atoms. The van der Waals surface area contributed by atoms with Crippen molar-refractivity contribution in [3.05, 3.63) is 53.2 Å². The fourth-order valence-corrected chi connectivity index (χ4v) is 2.07. The molecule has 110 valence electrons. The zero-order chi connectivity index (χ0) is 15.4. The van der Waals surface area contributed by atoms with E-state index >= 15 is 0 Å². The molecule has 5 nitrogen and oxygen atoms in total. The molecular weight excluding hydrogens is 268 g/mol. The number of benzene rings is 1. The lowest BCUT2D eigenvalue weighted by atomic mass is 10.1. The van der Waals surface area contributed by atoms with Gasteiger partial charge in [-0.25, -0.2) is 9.78 Å². The first-order valence-electron chi connectivity index (χ1n) is 6.62. The van der Waals surface area contributed by atoms with Gasteiger partial charge in [0, 0.05) is 6.04 Å². The normalized spacial score (nSPS) is 11.8. The monoisotopic (exact) mass is 286 g/mol. The molecule has 0 saturated carbocycles. The minimum atomic E-state index is -0.963. The fraction of sp³-hybridized carbons (Fsp3) is 0.250. The SMILES string of the molecule is COc1ccc(C(C)Nc2ccc(C(=O)O)c(C)n2)cc1. The summed E-state index contributed by atoms with van der Waals surface area (Å²) >= 11 is 0. The van der Waals surface area contributed by atoms with E-state index in [2.05, 4.69) is 10.3 Å². The van der Waals surface area contributed by atoms with Gasteiger partial charge in [-0.2, -0.15) is 0 Å². The summed E-state index contributed by atoms with van der Waals surface area (Å²) in [6.07, 6.45) is 0. The summed E-state index contributed by atoms with van der Waals surface area (Å²) in [5.41, 5.74) is 1.81. The highest BCUT2D eigenvalue weighted by Crippen LogP contribution is 2.21. The molecule has 2 aromatic rings. The number of carbonyl (C=O) groups is 1. The number of aromatic carboxylic acids is 1. The Balaban J connectivity index is 2.13. The Bertz CT molecular complexity index is 638. The Morgan fingerprint density at radius 3 is 2.43 bits per heavy atom. The predicted molar refractivity (Wildman–Crippen MR) is 81.0 cm³/mol. The van der Waals surface area contributed by atoms with Gasteiger partial charge < -0.3 is 15.2 Å². The lowest BCUT2D eigenvalue weighted by Gasteiger charge is -2.16. The van der Waals surface area contributed by atoms with Crippen LogP contribution in [0.5, 0.6) is 5.75 Å². The summed E-state index contributed by atoms with van der Waals surface area (Å²) < 4.78 is 5.13. The number of hydrogen-bond acceptors (Lipinski definition) is 4. The van der Waals surface area contributed by atoms with Crippen LogP contribution in [0.4, 0.5) is 5.82 Å². The van der Waals surface area contributed by atoms with Gasteiger partial charge in [0.2, 0.25) is 0 Å². The first-order valence-corrected chi connectivity index (χ1v) is 6.62. The predicted octanol–water partition coefficient (Wildman–Crippen LogP) is 3.27. The maximum Gasteiger partial charge on any atom is 0.337 e. The first-order chi connectivity index (χ1) is 10.0. The van der Waals surface area contributed by atoms with Crippen LogP contribution in [-0.4, -0.2) is 23.2 Å². The molecule has 0 saturated heterocycles. The molecule has 0 aliphatic carbocycles. The highest BCUT2D eigenvalue weighted by atomic mass is 16.5. The van der Waals surface area contributed by atoms with E-state index in [1.54, 1.807) is 26.2 Å². The number of carboxylic acid groups (broad SMARTS) is 1. The van der Waals surface area contributed by atoms with E-state index in [1.807, 2.05) is 31.2 Å². The average Bonchev–Trinajstić information content (AvgIpc) is 2.47. The molecule has 0 aliphatic rings. The van der Waals surface area contributed by atoms with Gasteiger partial charge in [0.15, 0.2) is 0 Å². The van der Waals surface area contributed by atoms with Gasteiger partial charge in [-0.15, -0.1) is 0 Å². The topological polar surface area (TPSA) is 71.5 Å². The molecule has 2 N–H and O–H groups in total. The summed E-state index contributed by atoms with van der Waals surface area (Å²) in [4.78, 5) is 15.2. The van der Waals surface area contributed by atoms with Crippen molar-refractivity contribution in [2.24, 2.45) is 0 Å². The number of aromatic nitrogens is 1. The van der Waals surface area contributed by atoms with E-state index in [9.17, 15) is 4.79 Å². The molecule has 1 heterocycles. The van der Waals surface area contributed by atoms with E-state index in [4.69, 9.17) is 9.84 Å². The molecule has 1 atom stereocenters. The van der Waals surface area contributed by atoms with Gasteiger partial charge in [-0.05, 0) is 43.7 Å². The number of rotatable bonds is 5. The first kappa shape index (κ1) is 14.8. The van der Waals surface area contributed by atoms with E-state index in [-0.39, 0.29) is 11.6 Å². The molecular formula is C16H18N2O3. The number of aryl methyl sites for hydroxylation is 1. The Kier molecular flexibility index (Phi) is 4.42. The molecule has 5 heteroatoms. The molecule has 0 bridgehead atoms. The smallest absolute Gasteiger partial charge is 0.337 e. The van der Waals surface area contributed by atoms with E-state index < -0.39 is 5.97 Å². The lowest BCUT2D eigenvalue weighted by molar-refractivity contribution is 0.0695. The fourth-order valence-electron chi connectivity index (χ4n) is 2.07. The largest absolute Gasteiger partial charge is 0.497 e. The van der Waals surface area contributed by atoms with Crippen LogP contribution in [0.2, 0.25) is 0 Å². The summed E-state index contributed by atoms with van der Waals surface area (Å²) in [6.45, 7) is 3.70. The van der Waals surface area contributed by atoms with E-state index in [0.29, 0.717) is 11.5 Å². The van der Waals surface area contributed by atoms with Crippen LogP contribution in [0.3, 0.4) is 0 Å². The second-order valence-electron chi connectivity index (χ2n) is 4.77. The zero-order valence-electron chi connectivity index (χ0n) is 12.3. The van der Waals surface area contributed by atoms with Crippen LogP contribution in [0.1, 0.15) is 34.6 Å². The summed E-state index contributed by atoms with van der Waals surface area (Å²) in [6, 6.07) is 11.1. The molecule has 21 heavy (non-hydrogen) atoms. The summed E-state index contributed by atoms with van der Waals surface area (Å²) in [5, 5.41) is 12.3. The number of anilines is 1. The Morgan fingerprint density at radius 1 is 1.24 bits per heavy atom. The van der Waals surface area contributed by atoms with E-state index in [0.717, 1.165) is 11.3 Å². The molecule has 0 radical (unpaired) electrons. The van der Waals surface area contributed by atoms with Crippen molar-refractivity contribution < 1.29 is 14.6 Å². The van der Waals surface area contributed by atoms with Gasteiger partial charge >= 0.3 is 5.97 Å². The molecule has 0 fully saturated rings. The quantitative estimate of drug-likeness (QED) is 0.882. The molecule has 2 rings (SSSR count). The third kappa shape index (κ3) is 3.51. The highest BCUT2D eigenvalue weighted by Gasteiger charge is 2.11. The van der Waals surface area contributed by atoms with Crippen molar-refractivity contribution in [3.8, 4) is 5.75 Å². The standard InChI is InChI=1S/C16H18N2O3/c1-10(12-4-6-13(21-3)7-5-12)17-15-9-8-14(16(19)20)11(2)18-15/h4-10H,1-3H3,(H,17,18)(H,19,20). The van der Waals surface area contributed by atoms with Crippen molar-refractivity contribution in [1.29, 1.82) is 0 Å². The average molecular weight is 286 g/mol. The van der Waals surface area contributed by atoms with Crippen LogP contribution in [-0.2, 0) is 0 Å². The maximum atomic E-state index is 11.0. The summed E-state index contributed by atoms with van der Waals surface area (Å²) in [5.74, 6) is 0.501. The van der Waals surface area contributed by atoms with Gasteiger partial charge in [0.05, 0.1) is 18.4 Å². The summed E-state index contributed by atoms with van der Waals surface area (Å²) in [7, 11) is 1.63. The number of carboxylic acids is 1. The Hall–Kier alpha value is -2.56. The molecule has 1 aromatic carbocycles. The molecule has 0 aliphatic heterocycles. The number of nitrogens with one attached hydrogen (secondary N) is 1. The van der Waals surface area contributed by atoms with Crippen LogP contribution in [0.15, 0.2) is 36.4 Å². The van der Waals surface area contributed by atoms with Crippen molar-refractivity contribution >= 4 is 11.8 Å². The Morgan fingerprint density at radius 2 is 1.90 bits per heavy atom. The molecule has 1 unspecified atom stereocenters. The van der Waals surface area contributed by atoms with Crippen molar-refractivity contribution in [2.45, 2.75) is 19.9 Å². The second-order valence-corrected chi connectivity index (χ2v) is 4.77. The minimum absolute atomic E-state index is 0.0542. The van der Waals surface area contributed by atoms with Crippen LogP contribution in [0, 0.1) is 6.92 Å². The van der Waals surface area contributed by atoms with E-state index in [1.165, 1.54) is 0 Å². The Labute approximate surface area is 123 Å². The van der Waals surface area contributed by atoms with Gasteiger partial charge in [-0.1, -0.05) is 12.1 Å². The number of nitrogens with zero attached hydrogens (tertiary/aromatic N) is 1. The minimum Gasteiger partial charge on any atom is -0.497 e. The number of methoxy groups -OCH3 is 1. The van der Waals surface area contributed by atoms with Gasteiger partial charge in [-0.3, -0.25) is 0 Å². The molecule has 1 aromatic heterocycles. The highest BCUT2D eigenvalue weighted by molar-refractivity contribution is 5.89. The number of hydrogen-bond donors (Lipinski definition) is 2. The van der Waals surface area contributed by atoms with Crippen molar-refractivity contribution in [3.63, 3.8) is 0 Å². The lowest BCUT2D eigenvalue weighted by Crippen LogP contribution is -2.10. The van der Waals surface area contributed by atoms with Gasteiger partial charge in [0.1, 0.15) is 11.6 Å². The van der Waals surface area contributed by atoms with Crippen LogP contribution >= 0.6 is 0 Å². The number of ether oxygens (including phenoxy) is 1. The van der Waals surface area contributed by atoms with Crippen LogP contribution < -0.4 is 10.1 Å². The maximum absolute atomic E-state index is 11.0. The third-order valence-electron chi connectivity index (χ3n) is 3.30. The zero-order valence-corrected chi connectivity index (χ0v) is 12.3. The van der Waals surface area contributed by atoms with Crippen molar-refractivity contribution in [1.82, 2.24) is 4.98 Å². The second kappa shape index (κ2) is 6.26. The van der Waals surface area contributed by atoms with Gasteiger partial charge in [0.25, 0.3) is 0 Å². The van der Waals surface area contributed by atoms with Crippen LogP contribution in [0.25, 0.3) is 0 Å². The van der Waals surface area contributed by atoms with Crippen molar-refractivity contribution in [2.75, 3.05) is 12.4 Å².